The molecule has 22 heavy (non-hydrogen) atoms. The summed E-state index contributed by atoms with van der Waals surface area (Å²) in [5.74, 6) is -2.67. The zero-order valence-corrected chi connectivity index (χ0v) is 12.8. The summed E-state index contributed by atoms with van der Waals surface area (Å²) in [4.78, 5) is 30.6. The number of aliphatic hydroxyl groups is 3. The van der Waals surface area contributed by atoms with Crippen molar-refractivity contribution in [2.75, 3.05) is 19.8 Å². The Labute approximate surface area is 128 Å². The van der Waals surface area contributed by atoms with Crippen LogP contribution in [0.4, 0.5) is 0 Å². The minimum absolute atomic E-state index is 0.000230. The molecule has 0 unspecified atom stereocenters. The molecule has 0 aromatic carbocycles. The highest BCUT2D eigenvalue weighted by molar-refractivity contribution is 5.81. The van der Waals surface area contributed by atoms with Crippen LogP contribution in [0.2, 0.25) is 0 Å². The van der Waals surface area contributed by atoms with E-state index in [4.69, 9.17) is 20.4 Å². The van der Waals surface area contributed by atoms with Crippen molar-refractivity contribution >= 4 is 17.8 Å². The molecule has 130 valence electrons. The number of rotatable bonds is 9. The molecule has 0 heterocycles. The van der Waals surface area contributed by atoms with Gasteiger partial charge in [-0.05, 0) is 6.42 Å². The molecule has 9 nitrogen and oxygen atoms in total. The summed E-state index contributed by atoms with van der Waals surface area (Å²) in [5.41, 5.74) is -0.844. The predicted octanol–water partition coefficient (Wildman–Crippen LogP) is -1.20. The highest BCUT2D eigenvalue weighted by Gasteiger charge is 2.32. The van der Waals surface area contributed by atoms with Gasteiger partial charge in [0.1, 0.15) is 6.10 Å². The topological polar surface area (TPSA) is 164 Å². The Hall–Kier alpha value is -1.71. The number of carboxylic acid groups (broad SMARTS) is 2. The molecule has 0 aliphatic carbocycles. The van der Waals surface area contributed by atoms with Crippen LogP contribution in [0.25, 0.3) is 0 Å². The molecule has 0 aromatic heterocycles. The lowest BCUT2D eigenvalue weighted by Crippen LogP contribution is -2.45. The monoisotopic (exact) mass is 323 g/mol. The molecule has 0 saturated heterocycles. The van der Waals surface area contributed by atoms with E-state index in [1.54, 1.807) is 13.8 Å². The van der Waals surface area contributed by atoms with E-state index in [1.807, 2.05) is 0 Å². The van der Waals surface area contributed by atoms with Crippen molar-refractivity contribution in [3.63, 3.8) is 0 Å². The molecule has 0 spiro atoms. The second-order valence-corrected chi connectivity index (χ2v) is 5.20. The van der Waals surface area contributed by atoms with Gasteiger partial charge >= 0.3 is 11.9 Å². The summed E-state index contributed by atoms with van der Waals surface area (Å²) in [6.45, 7) is 3.27. The largest absolute Gasteiger partial charge is 0.481 e. The Morgan fingerprint density at radius 2 is 1.50 bits per heavy atom. The van der Waals surface area contributed by atoms with E-state index in [1.165, 1.54) is 0 Å². The van der Waals surface area contributed by atoms with Crippen LogP contribution in [0, 0.1) is 5.41 Å². The zero-order chi connectivity index (χ0) is 17.8. The Morgan fingerprint density at radius 1 is 1.05 bits per heavy atom. The summed E-state index contributed by atoms with van der Waals surface area (Å²) in [6.07, 6.45) is -1.37. The third-order valence-corrected chi connectivity index (χ3v) is 2.58. The minimum Gasteiger partial charge on any atom is -0.481 e. The van der Waals surface area contributed by atoms with Gasteiger partial charge in [0.2, 0.25) is 5.91 Å². The highest BCUT2D eigenvalue weighted by atomic mass is 16.4. The maximum absolute atomic E-state index is 11.3. The summed E-state index contributed by atoms with van der Waals surface area (Å²) in [6, 6.07) is 0. The Bertz CT molecular complexity index is 342. The Morgan fingerprint density at radius 3 is 1.82 bits per heavy atom. The molecule has 0 aliphatic heterocycles. The third kappa shape index (κ3) is 12.1. The lowest BCUT2D eigenvalue weighted by molar-refractivity contribution is -0.143. The number of hydrogen-bond acceptors (Lipinski definition) is 6. The second kappa shape index (κ2) is 11.9. The van der Waals surface area contributed by atoms with Gasteiger partial charge in [0.25, 0.3) is 0 Å². The maximum Gasteiger partial charge on any atom is 0.303 e. The van der Waals surface area contributed by atoms with Crippen molar-refractivity contribution in [1.82, 2.24) is 5.32 Å². The van der Waals surface area contributed by atoms with E-state index in [0.29, 0.717) is 13.0 Å². The summed E-state index contributed by atoms with van der Waals surface area (Å²) >= 11 is 0. The van der Waals surface area contributed by atoms with Gasteiger partial charge in [0.05, 0.1) is 19.4 Å². The Kier molecular flexibility index (Phi) is 12.2. The first-order valence-corrected chi connectivity index (χ1v) is 6.69. The molecule has 0 saturated carbocycles. The molecule has 9 heteroatoms. The van der Waals surface area contributed by atoms with Gasteiger partial charge < -0.3 is 30.8 Å². The van der Waals surface area contributed by atoms with Gasteiger partial charge in [-0.15, -0.1) is 0 Å². The average molecular weight is 323 g/mol. The van der Waals surface area contributed by atoms with Crippen molar-refractivity contribution in [3.8, 4) is 0 Å². The van der Waals surface area contributed by atoms with E-state index < -0.39 is 29.4 Å². The number of nitrogens with one attached hydrogen (secondary N) is 1. The van der Waals surface area contributed by atoms with Crippen LogP contribution in [-0.2, 0) is 14.4 Å². The molecule has 1 amide bonds. The summed E-state index contributed by atoms with van der Waals surface area (Å²) in [7, 11) is 0. The standard InChI is InChI=1S/C9H19NO4.C4H6O4/c1-9(2,6-12)7(13)8(14)10-4-3-5-11;5-3(6)1-2-4(7)8/h7,11-13H,3-6H2,1-2H3,(H,10,14);1-2H2,(H,5,6)(H,7,8)/t7-;/m0./s1. The normalized spacial score (nSPS) is 11.9. The molecule has 6 N–H and O–H groups in total. The van der Waals surface area contributed by atoms with Crippen LogP contribution in [0.1, 0.15) is 33.1 Å². The van der Waals surface area contributed by atoms with Crippen LogP contribution in [0.5, 0.6) is 0 Å². The van der Waals surface area contributed by atoms with Gasteiger partial charge in [-0.2, -0.15) is 0 Å². The number of aliphatic carboxylic acids is 2. The first kappa shape index (κ1) is 22.6. The van der Waals surface area contributed by atoms with Crippen molar-refractivity contribution < 1.29 is 39.9 Å². The fraction of sp³-hybridized carbons (Fsp3) is 0.769. The fourth-order valence-electron chi connectivity index (χ4n) is 1.04. The molecule has 0 bridgehead atoms. The van der Waals surface area contributed by atoms with E-state index in [-0.39, 0.29) is 26.1 Å². The van der Waals surface area contributed by atoms with Crippen molar-refractivity contribution in [1.29, 1.82) is 0 Å². The smallest absolute Gasteiger partial charge is 0.303 e. The average Bonchev–Trinajstić information content (AvgIpc) is 2.45. The van der Waals surface area contributed by atoms with Gasteiger partial charge in [-0.3, -0.25) is 14.4 Å². The zero-order valence-electron chi connectivity index (χ0n) is 12.8. The van der Waals surface area contributed by atoms with E-state index in [9.17, 15) is 19.5 Å². The molecular weight excluding hydrogens is 298 g/mol. The van der Waals surface area contributed by atoms with Gasteiger partial charge in [0, 0.05) is 18.6 Å². The molecule has 0 rings (SSSR count). The summed E-state index contributed by atoms with van der Waals surface area (Å²) in [5, 5.41) is 45.1. The predicted molar refractivity (Wildman–Crippen MR) is 76.1 cm³/mol. The highest BCUT2D eigenvalue weighted by Crippen LogP contribution is 2.19. The van der Waals surface area contributed by atoms with Crippen LogP contribution in [-0.4, -0.2) is 69.2 Å². The van der Waals surface area contributed by atoms with Crippen LogP contribution < -0.4 is 5.32 Å². The van der Waals surface area contributed by atoms with Gasteiger partial charge in [-0.25, -0.2) is 0 Å². The fourth-order valence-corrected chi connectivity index (χ4v) is 1.04. The molecule has 0 aromatic rings. The SMILES string of the molecule is CC(C)(CO)[C@@H](O)C(=O)NCCCO.O=C(O)CCC(=O)O. The number of carboxylic acids is 2. The van der Waals surface area contributed by atoms with E-state index in [2.05, 4.69) is 5.32 Å². The van der Waals surface area contributed by atoms with Crippen molar-refractivity contribution in [2.45, 2.75) is 39.2 Å². The van der Waals surface area contributed by atoms with Crippen LogP contribution >= 0.6 is 0 Å². The van der Waals surface area contributed by atoms with E-state index >= 15 is 0 Å². The number of amides is 1. The lowest BCUT2D eigenvalue weighted by atomic mass is 9.87. The van der Waals surface area contributed by atoms with Gasteiger partial charge in [0.15, 0.2) is 0 Å². The molecular formula is C13H25NO8. The number of aliphatic hydroxyl groups excluding tert-OH is 3. The van der Waals surface area contributed by atoms with E-state index in [0.717, 1.165) is 0 Å². The molecule has 1 atom stereocenters. The van der Waals surface area contributed by atoms with Gasteiger partial charge in [-0.1, -0.05) is 13.8 Å². The third-order valence-electron chi connectivity index (χ3n) is 2.58. The Balaban J connectivity index is 0. The first-order valence-electron chi connectivity index (χ1n) is 6.69. The maximum atomic E-state index is 11.3. The number of hydrogen-bond donors (Lipinski definition) is 6. The number of carbonyl (C=O) groups excluding carboxylic acids is 1. The second-order valence-electron chi connectivity index (χ2n) is 5.20. The summed E-state index contributed by atoms with van der Waals surface area (Å²) < 4.78 is 0. The molecule has 0 fully saturated rings. The quantitative estimate of drug-likeness (QED) is 0.288. The number of carbonyl (C=O) groups is 3. The molecule has 0 radical (unpaired) electrons. The van der Waals surface area contributed by atoms with Crippen molar-refractivity contribution in [3.05, 3.63) is 0 Å². The minimum atomic E-state index is -1.23. The first-order chi connectivity index (χ1) is 10.1. The molecule has 0 aliphatic rings. The van der Waals surface area contributed by atoms with Crippen LogP contribution in [0.15, 0.2) is 0 Å². The lowest BCUT2D eigenvalue weighted by Gasteiger charge is -2.27. The van der Waals surface area contributed by atoms with Crippen molar-refractivity contribution in [2.24, 2.45) is 5.41 Å². The van der Waals surface area contributed by atoms with Crippen LogP contribution in [0.3, 0.4) is 0 Å².